The van der Waals surface area contributed by atoms with E-state index in [9.17, 15) is 19.1 Å². The summed E-state index contributed by atoms with van der Waals surface area (Å²) in [5.74, 6) is -0.475. The van der Waals surface area contributed by atoms with Crippen molar-refractivity contribution in [2.75, 3.05) is 28.2 Å². The third-order valence-electron chi connectivity index (χ3n) is 7.14. The molecule has 11 nitrogen and oxygen atoms in total. The number of carboxylic acids is 1. The number of aliphatic carboxylic acids is 1. The Morgan fingerprint density at radius 1 is 0.886 bits per heavy atom. The summed E-state index contributed by atoms with van der Waals surface area (Å²) in [7, 11) is 0. The number of hydrogen-bond acceptors (Lipinski definition) is 9. The number of pyridine rings is 1. The van der Waals surface area contributed by atoms with Crippen molar-refractivity contribution in [2.45, 2.75) is 12.8 Å². The summed E-state index contributed by atoms with van der Waals surface area (Å²) < 4.78 is 24.5. The van der Waals surface area contributed by atoms with Crippen molar-refractivity contribution in [1.29, 1.82) is 0 Å². The van der Waals surface area contributed by atoms with Crippen LogP contribution in [0.15, 0.2) is 102 Å². The van der Waals surface area contributed by atoms with E-state index in [1.165, 1.54) is 29.2 Å². The van der Waals surface area contributed by atoms with Gasteiger partial charge in [-0.15, -0.1) is 5.10 Å². The first-order valence-electron chi connectivity index (χ1n) is 13.9. The second-order valence-electron chi connectivity index (χ2n) is 10.1. The van der Waals surface area contributed by atoms with Gasteiger partial charge in [-0.3, -0.25) is 14.5 Å². The largest absolute Gasteiger partial charge is 0.481 e. The van der Waals surface area contributed by atoms with E-state index in [0.717, 1.165) is 0 Å². The molecular weight excluding hydrogens is 567 g/mol. The molecule has 0 aliphatic carbocycles. The molecule has 6 rings (SSSR count). The van der Waals surface area contributed by atoms with Crippen LogP contribution >= 0.6 is 0 Å². The fourth-order valence-electron chi connectivity index (χ4n) is 4.84. The molecule has 1 aliphatic heterocycles. The zero-order chi connectivity index (χ0) is 30.5. The maximum atomic E-state index is 13.7. The highest BCUT2D eigenvalue weighted by Gasteiger charge is 2.27. The lowest BCUT2D eigenvalue weighted by atomic mass is 9.97. The number of carbonyl (C=O) groups is 2. The van der Waals surface area contributed by atoms with Crippen LogP contribution in [-0.2, 0) is 4.79 Å². The van der Waals surface area contributed by atoms with Crippen molar-refractivity contribution in [3.63, 3.8) is 0 Å². The van der Waals surface area contributed by atoms with Gasteiger partial charge >= 0.3 is 23.8 Å². The molecule has 44 heavy (non-hydrogen) atoms. The molecule has 0 unspecified atom stereocenters. The van der Waals surface area contributed by atoms with Crippen LogP contribution in [-0.4, -0.2) is 45.3 Å². The Hall–Kier alpha value is -5.78. The van der Waals surface area contributed by atoms with Crippen LogP contribution in [0.4, 0.5) is 33.3 Å². The normalized spacial score (nSPS) is 13.3. The zero-order valence-electron chi connectivity index (χ0n) is 23.3. The third kappa shape index (κ3) is 6.49. The highest BCUT2D eigenvalue weighted by atomic mass is 19.1. The molecule has 0 saturated carbocycles. The second kappa shape index (κ2) is 12.6. The fraction of sp³-hybridized carbons (Fsp3) is 0.156. The lowest BCUT2D eigenvalue weighted by molar-refractivity contribution is -0.142. The van der Waals surface area contributed by atoms with Crippen molar-refractivity contribution >= 4 is 40.8 Å². The third-order valence-corrected chi connectivity index (χ3v) is 7.14. The Labute approximate surface area is 251 Å². The second-order valence-corrected chi connectivity index (χ2v) is 10.1. The first-order chi connectivity index (χ1) is 21.4. The lowest BCUT2D eigenvalue weighted by Gasteiger charge is -2.31. The molecule has 12 heteroatoms. The maximum Gasteiger partial charge on any atom is 0.320 e. The number of benzene rings is 3. The molecule has 1 fully saturated rings. The van der Waals surface area contributed by atoms with Crippen molar-refractivity contribution in [3.05, 3.63) is 109 Å². The highest BCUT2D eigenvalue weighted by molar-refractivity contribution is 6.08. The molecule has 3 aromatic carbocycles. The predicted octanol–water partition coefficient (Wildman–Crippen LogP) is 6.42. The Morgan fingerprint density at radius 3 is 2.20 bits per heavy atom. The lowest BCUT2D eigenvalue weighted by Crippen LogP contribution is -2.36. The average Bonchev–Trinajstić information content (AvgIpc) is 3.53. The average molecular weight is 595 g/mol. The van der Waals surface area contributed by atoms with Crippen LogP contribution in [0, 0.1) is 11.7 Å². The number of nitrogens with one attached hydrogen (secondary N) is 1. The van der Waals surface area contributed by atoms with E-state index >= 15 is 0 Å². The van der Waals surface area contributed by atoms with Crippen LogP contribution in [0.3, 0.4) is 0 Å². The molecule has 0 atom stereocenters. The Morgan fingerprint density at radius 2 is 1.57 bits per heavy atom. The van der Waals surface area contributed by atoms with Gasteiger partial charge in [0.25, 0.3) is 0 Å². The van der Waals surface area contributed by atoms with Crippen LogP contribution in [0.2, 0.25) is 0 Å². The van der Waals surface area contributed by atoms with E-state index in [0.29, 0.717) is 60.3 Å². The van der Waals surface area contributed by atoms with Gasteiger partial charge in [0, 0.05) is 24.5 Å². The molecular formula is C32H27FN6O5. The summed E-state index contributed by atoms with van der Waals surface area (Å²) in [6.45, 7) is 1.18. The Kier molecular flexibility index (Phi) is 8.13. The molecule has 0 bridgehead atoms. The maximum absolute atomic E-state index is 13.7. The van der Waals surface area contributed by atoms with Gasteiger partial charge in [0.05, 0.1) is 17.8 Å². The van der Waals surface area contributed by atoms with Gasteiger partial charge in [-0.2, -0.15) is 0 Å². The van der Waals surface area contributed by atoms with Crippen LogP contribution in [0.25, 0.3) is 0 Å². The van der Waals surface area contributed by atoms with E-state index in [1.54, 1.807) is 48.7 Å². The number of piperidine rings is 1. The van der Waals surface area contributed by atoms with Gasteiger partial charge in [0.2, 0.25) is 0 Å². The molecule has 1 saturated heterocycles. The molecule has 5 aromatic rings. The highest BCUT2D eigenvalue weighted by Crippen LogP contribution is 2.30. The summed E-state index contributed by atoms with van der Waals surface area (Å²) in [4.78, 5) is 33.0. The minimum absolute atomic E-state index is 0.0202. The molecule has 3 heterocycles. The predicted molar refractivity (Wildman–Crippen MR) is 160 cm³/mol. The standard InChI is InChI=1S/C32H27FN6O5/c33-22-6-11-26(12-7-22)43-27-13-8-23(9-14-27)35-32-37-36-29(44-32)30(40)39(24-4-2-1-3-5-24)25-10-15-28(34-20-25)38-18-16-21(17-19-38)31(41)42/h1-15,20-21H,16-19H2,(H,35,37)(H,41,42). The number of halogens is 1. The number of nitrogens with zero attached hydrogens (tertiary/aromatic N) is 5. The summed E-state index contributed by atoms with van der Waals surface area (Å²) >= 11 is 0. The summed E-state index contributed by atoms with van der Waals surface area (Å²) in [6.07, 6.45) is 2.69. The van der Waals surface area contributed by atoms with Crippen molar-refractivity contribution < 1.29 is 28.2 Å². The van der Waals surface area contributed by atoms with Crippen molar-refractivity contribution in [1.82, 2.24) is 15.2 Å². The van der Waals surface area contributed by atoms with Gasteiger partial charge in [-0.05, 0) is 85.6 Å². The van der Waals surface area contributed by atoms with Gasteiger partial charge in [0.1, 0.15) is 23.1 Å². The topological polar surface area (TPSA) is 134 Å². The molecule has 1 aliphatic rings. The summed E-state index contributed by atoms with van der Waals surface area (Å²) in [5.41, 5.74) is 1.69. The number of amides is 1. The smallest absolute Gasteiger partial charge is 0.320 e. The minimum atomic E-state index is -0.768. The van der Waals surface area contributed by atoms with E-state index in [-0.39, 0.29) is 23.6 Å². The van der Waals surface area contributed by atoms with Crippen molar-refractivity contribution in [3.8, 4) is 11.5 Å². The molecule has 0 spiro atoms. The van der Waals surface area contributed by atoms with E-state index in [4.69, 9.17) is 9.15 Å². The monoisotopic (exact) mass is 594 g/mol. The summed E-state index contributed by atoms with van der Waals surface area (Å²) in [6, 6.07) is 25.3. The number of rotatable bonds is 9. The molecule has 1 amide bonds. The van der Waals surface area contributed by atoms with Gasteiger partial charge in [-0.1, -0.05) is 23.3 Å². The van der Waals surface area contributed by atoms with Gasteiger partial charge in [-0.25, -0.2) is 9.37 Å². The zero-order valence-corrected chi connectivity index (χ0v) is 23.3. The first kappa shape index (κ1) is 28.3. The number of hydrogen-bond donors (Lipinski definition) is 2. The van der Waals surface area contributed by atoms with Gasteiger partial charge < -0.3 is 24.5 Å². The number of carbonyl (C=O) groups excluding carboxylic acids is 1. The SMILES string of the molecule is O=C(O)C1CCN(c2ccc(N(C(=O)c3nnc(Nc4ccc(Oc5ccc(F)cc5)cc4)o3)c3ccccc3)cn2)CC1. The number of aromatic nitrogens is 3. The Bertz CT molecular complexity index is 1720. The quantitative estimate of drug-likeness (QED) is 0.197. The van der Waals surface area contributed by atoms with Crippen molar-refractivity contribution in [2.24, 2.45) is 5.92 Å². The van der Waals surface area contributed by atoms with E-state index in [1.807, 2.05) is 29.2 Å². The van der Waals surface area contributed by atoms with Gasteiger partial charge in [0.15, 0.2) is 0 Å². The fourth-order valence-corrected chi connectivity index (χ4v) is 4.84. The van der Waals surface area contributed by atoms with Crippen LogP contribution in [0.5, 0.6) is 11.5 Å². The van der Waals surface area contributed by atoms with E-state index < -0.39 is 11.9 Å². The molecule has 222 valence electrons. The van der Waals surface area contributed by atoms with Crippen LogP contribution < -0.4 is 19.9 Å². The molecule has 2 N–H and O–H groups in total. The molecule has 0 radical (unpaired) electrons. The first-order valence-corrected chi connectivity index (χ1v) is 13.9. The minimum Gasteiger partial charge on any atom is -0.481 e. The summed E-state index contributed by atoms with van der Waals surface area (Å²) in [5, 5.41) is 20.2. The van der Waals surface area contributed by atoms with E-state index in [2.05, 4.69) is 20.5 Å². The number of ether oxygens (including phenoxy) is 1. The number of anilines is 5. The molecule has 2 aromatic heterocycles. The number of carboxylic acid groups (broad SMARTS) is 1. The number of para-hydroxylation sites is 1. The Balaban J connectivity index is 1.16. The van der Waals surface area contributed by atoms with Crippen LogP contribution in [0.1, 0.15) is 23.5 Å².